The predicted molar refractivity (Wildman–Crippen MR) is 59.0 cm³/mol. The average Bonchev–Trinajstić information content (AvgIpc) is 2.51. The molecule has 0 atom stereocenters. The number of H-pyrrole nitrogens is 1. The van der Waals surface area contributed by atoms with Crippen LogP contribution in [0.25, 0.3) is 0 Å². The normalized spacial score (nSPS) is 8.62. The van der Waals surface area contributed by atoms with Crippen LogP contribution in [0.2, 0.25) is 0 Å². The minimum absolute atomic E-state index is 0. The molecule has 1 heterocycles. The van der Waals surface area contributed by atoms with Crippen LogP contribution in [0.15, 0.2) is 12.3 Å². The maximum atomic E-state index is 9.19. The first-order valence-corrected chi connectivity index (χ1v) is 5.12. The summed E-state index contributed by atoms with van der Waals surface area (Å²) in [5.74, 6) is -0.499. The van der Waals surface area contributed by atoms with E-state index in [-0.39, 0.29) is 17.1 Å². The second-order valence-corrected chi connectivity index (χ2v) is 3.33. The van der Waals surface area contributed by atoms with Crippen molar-refractivity contribution in [3.05, 3.63) is 17.8 Å². The van der Waals surface area contributed by atoms with Crippen molar-refractivity contribution in [1.29, 1.82) is 0 Å². The number of carboxylic acids is 1. The second-order valence-electron chi connectivity index (χ2n) is 3.33. The maximum Gasteiger partial charge on any atom is 0.300 e. The average molecular weight is 277 g/mol. The summed E-state index contributed by atoms with van der Waals surface area (Å²) in [4.78, 5) is 11.8. The van der Waals surface area contributed by atoms with Crippen LogP contribution >= 0.6 is 0 Å². The Morgan fingerprint density at radius 3 is 2.38 bits per heavy atom. The fraction of sp³-hybridized carbons (Fsp3) is 0.545. The molecule has 0 aliphatic carbocycles. The number of aromatic nitrogens is 1. The van der Waals surface area contributed by atoms with Crippen LogP contribution in [0.3, 0.4) is 0 Å². The fourth-order valence-electron chi connectivity index (χ4n) is 1.16. The molecule has 0 amide bonds. The van der Waals surface area contributed by atoms with Gasteiger partial charge in [-0.1, -0.05) is 19.8 Å². The van der Waals surface area contributed by atoms with Gasteiger partial charge in [-0.2, -0.15) is 0 Å². The van der Waals surface area contributed by atoms with E-state index in [1.54, 1.807) is 6.20 Å². The molecule has 1 radical (unpaired) electrons. The van der Waals surface area contributed by atoms with E-state index in [2.05, 4.69) is 11.9 Å². The Hall–Kier alpha value is -0.931. The third-order valence-electron chi connectivity index (χ3n) is 1.86. The van der Waals surface area contributed by atoms with Crippen molar-refractivity contribution in [3.63, 3.8) is 0 Å². The zero-order valence-corrected chi connectivity index (χ0v) is 10.5. The number of aromatic amines is 1. The molecular weight excluding hydrogens is 258 g/mol. The minimum atomic E-state index is -0.833. The molecule has 1 aromatic rings. The van der Waals surface area contributed by atoms with Gasteiger partial charge >= 0.3 is 0 Å². The molecule has 0 saturated carbocycles. The van der Waals surface area contributed by atoms with Crippen molar-refractivity contribution in [2.75, 3.05) is 0 Å². The number of unbranched alkanes of at least 4 members (excludes halogenated alkanes) is 2. The summed E-state index contributed by atoms with van der Waals surface area (Å²) in [6, 6.07) is 1.94. The second kappa shape index (κ2) is 10.6. The summed E-state index contributed by atoms with van der Waals surface area (Å²) in [7, 11) is 0. The first kappa shape index (κ1) is 17.5. The van der Waals surface area contributed by atoms with Gasteiger partial charge in [-0.3, -0.25) is 4.79 Å². The van der Waals surface area contributed by atoms with E-state index in [1.807, 2.05) is 6.07 Å². The Balaban J connectivity index is 0. The summed E-state index contributed by atoms with van der Waals surface area (Å²) < 4.78 is 0. The van der Waals surface area contributed by atoms with E-state index >= 15 is 0 Å². The molecule has 1 aromatic heterocycles. The predicted octanol–water partition coefficient (Wildman–Crippen LogP) is 2.54. The van der Waals surface area contributed by atoms with Gasteiger partial charge in [0.1, 0.15) is 0 Å². The molecule has 5 heteroatoms. The molecule has 1 rings (SSSR count). The van der Waals surface area contributed by atoms with Gasteiger partial charge in [0, 0.05) is 35.8 Å². The van der Waals surface area contributed by atoms with Gasteiger partial charge in [0.15, 0.2) is 5.88 Å². The molecule has 0 aliphatic rings. The maximum absolute atomic E-state index is 9.19. The third kappa shape index (κ3) is 9.62. The Labute approximate surface area is 107 Å². The number of hydrogen-bond donors (Lipinski definition) is 3. The topological polar surface area (TPSA) is 73.3 Å². The van der Waals surface area contributed by atoms with E-state index in [9.17, 15) is 5.11 Å². The van der Waals surface area contributed by atoms with Gasteiger partial charge in [0.25, 0.3) is 5.97 Å². The molecule has 0 spiro atoms. The largest absolute Gasteiger partial charge is 0.494 e. The molecule has 0 aliphatic heterocycles. The third-order valence-corrected chi connectivity index (χ3v) is 1.86. The summed E-state index contributed by atoms with van der Waals surface area (Å²) >= 11 is 0. The van der Waals surface area contributed by atoms with E-state index in [1.165, 1.54) is 19.3 Å². The van der Waals surface area contributed by atoms with Crippen LogP contribution in [-0.2, 0) is 28.3 Å². The Morgan fingerprint density at radius 2 is 2.00 bits per heavy atom. The van der Waals surface area contributed by atoms with Crippen LogP contribution in [-0.4, -0.2) is 21.2 Å². The van der Waals surface area contributed by atoms with E-state index in [0.717, 1.165) is 18.9 Å². The van der Waals surface area contributed by atoms with Crippen molar-refractivity contribution in [2.45, 2.75) is 39.5 Å². The number of aliphatic carboxylic acids is 1. The van der Waals surface area contributed by atoms with Crippen LogP contribution in [0.4, 0.5) is 0 Å². The molecule has 16 heavy (non-hydrogen) atoms. The molecular formula is C11H19CuNO3. The molecule has 3 N–H and O–H groups in total. The van der Waals surface area contributed by atoms with Crippen molar-refractivity contribution in [1.82, 2.24) is 4.98 Å². The van der Waals surface area contributed by atoms with Crippen LogP contribution < -0.4 is 0 Å². The van der Waals surface area contributed by atoms with Crippen molar-refractivity contribution in [3.8, 4) is 5.88 Å². The van der Waals surface area contributed by atoms with Gasteiger partial charge < -0.3 is 15.2 Å². The number of carbonyl (C=O) groups is 1. The molecule has 0 saturated heterocycles. The first-order valence-electron chi connectivity index (χ1n) is 5.12. The van der Waals surface area contributed by atoms with Crippen LogP contribution in [0.5, 0.6) is 5.88 Å². The SMILES string of the molecule is CC(=O)O.CCCCCc1cc[nH]c1O.[Cu]. The molecule has 0 bridgehead atoms. The first-order chi connectivity index (χ1) is 7.07. The monoisotopic (exact) mass is 276 g/mol. The smallest absolute Gasteiger partial charge is 0.300 e. The zero-order chi connectivity index (χ0) is 11.7. The Kier molecular flexibility index (Phi) is 11.6. The molecule has 4 nitrogen and oxygen atoms in total. The van der Waals surface area contributed by atoms with Gasteiger partial charge in [-0.25, -0.2) is 0 Å². The standard InChI is InChI=1S/C9H15NO.C2H4O2.Cu/c1-2-3-4-5-8-6-7-10-9(8)11;1-2(3)4;/h6-7,10-11H,2-5H2,1H3;1H3,(H,3,4);. The van der Waals surface area contributed by atoms with E-state index in [4.69, 9.17) is 9.90 Å². The molecule has 0 aromatic carbocycles. The van der Waals surface area contributed by atoms with Crippen molar-refractivity contribution in [2.24, 2.45) is 0 Å². The van der Waals surface area contributed by atoms with E-state index < -0.39 is 5.97 Å². The summed E-state index contributed by atoms with van der Waals surface area (Å²) in [6.07, 6.45) is 6.40. The number of carboxylic acid groups (broad SMARTS) is 1. The molecule has 0 unspecified atom stereocenters. The molecule has 97 valence electrons. The van der Waals surface area contributed by atoms with Crippen LogP contribution in [0, 0.1) is 0 Å². The summed E-state index contributed by atoms with van der Waals surface area (Å²) in [5, 5.41) is 16.6. The Morgan fingerprint density at radius 1 is 1.44 bits per heavy atom. The van der Waals surface area contributed by atoms with Gasteiger partial charge in [-0.15, -0.1) is 0 Å². The quantitative estimate of drug-likeness (QED) is 0.584. The van der Waals surface area contributed by atoms with Gasteiger partial charge in [0.2, 0.25) is 0 Å². The van der Waals surface area contributed by atoms with E-state index in [0.29, 0.717) is 5.88 Å². The minimum Gasteiger partial charge on any atom is -0.494 e. The van der Waals surface area contributed by atoms with Gasteiger partial charge in [-0.05, 0) is 18.9 Å². The number of hydrogen-bond acceptors (Lipinski definition) is 2. The van der Waals surface area contributed by atoms with Crippen LogP contribution in [0.1, 0.15) is 38.7 Å². The number of nitrogens with one attached hydrogen (secondary N) is 1. The Bertz CT molecular complexity index is 283. The molecule has 0 fully saturated rings. The number of aromatic hydroxyl groups is 1. The van der Waals surface area contributed by atoms with Crippen molar-refractivity contribution < 1.29 is 32.1 Å². The van der Waals surface area contributed by atoms with Crippen molar-refractivity contribution >= 4 is 5.97 Å². The summed E-state index contributed by atoms with van der Waals surface area (Å²) in [6.45, 7) is 3.26. The van der Waals surface area contributed by atoms with Gasteiger partial charge in [0.05, 0.1) is 0 Å². The number of aryl methyl sites for hydroxylation is 1. The number of rotatable bonds is 4. The summed E-state index contributed by atoms with van der Waals surface area (Å²) in [5.41, 5.74) is 1.04. The zero-order valence-electron chi connectivity index (χ0n) is 9.59. The fourth-order valence-corrected chi connectivity index (χ4v) is 1.16.